The molecule has 2 heteroatoms. The number of rotatable bonds is 2. The summed E-state index contributed by atoms with van der Waals surface area (Å²) in [5, 5.41) is 10.1. The lowest BCUT2D eigenvalue weighted by atomic mass is 10.0. The SMILES string of the molecule is C=C[C@H](O)c1ccc(Cl)cc1C. The van der Waals surface area contributed by atoms with E-state index in [0.29, 0.717) is 5.02 Å². The molecule has 64 valence electrons. The fourth-order valence-corrected chi connectivity index (χ4v) is 1.32. The third-order valence-corrected chi connectivity index (χ3v) is 2.01. The molecule has 1 aromatic carbocycles. The van der Waals surface area contributed by atoms with Crippen LogP contribution >= 0.6 is 11.6 Å². The van der Waals surface area contributed by atoms with Crippen molar-refractivity contribution in [3.8, 4) is 0 Å². The van der Waals surface area contributed by atoms with Gasteiger partial charge in [0, 0.05) is 5.02 Å². The molecule has 1 aromatic rings. The van der Waals surface area contributed by atoms with E-state index in [0.717, 1.165) is 11.1 Å². The Hall–Kier alpha value is -0.790. The Kier molecular flexibility index (Phi) is 2.90. The molecule has 0 fully saturated rings. The Bertz CT molecular complexity index is 294. The Morgan fingerprint density at radius 1 is 1.58 bits per heavy atom. The van der Waals surface area contributed by atoms with Crippen LogP contribution < -0.4 is 0 Å². The van der Waals surface area contributed by atoms with Crippen LogP contribution in [0.5, 0.6) is 0 Å². The highest BCUT2D eigenvalue weighted by Gasteiger charge is 2.05. The first-order chi connectivity index (χ1) is 5.65. The van der Waals surface area contributed by atoms with E-state index in [1.165, 1.54) is 6.08 Å². The fourth-order valence-electron chi connectivity index (χ4n) is 1.10. The van der Waals surface area contributed by atoms with Gasteiger partial charge >= 0.3 is 0 Å². The second kappa shape index (κ2) is 3.74. The predicted octanol–water partition coefficient (Wildman–Crippen LogP) is 2.87. The summed E-state index contributed by atoms with van der Waals surface area (Å²) in [5.74, 6) is 0. The zero-order valence-electron chi connectivity index (χ0n) is 6.92. The van der Waals surface area contributed by atoms with Crippen LogP contribution in [-0.2, 0) is 0 Å². The molecular formula is C10H11ClO. The van der Waals surface area contributed by atoms with Crippen molar-refractivity contribution in [3.05, 3.63) is 47.0 Å². The van der Waals surface area contributed by atoms with Crippen LogP contribution in [0.15, 0.2) is 30.9 Å². The van der Waals surface area contributed by atoms with Gasteiger partial charge in [-0.1, -0.05) is 23.7 Å². The summed E-state index contributed by atoms with van der Waals surface area (Å²) in [7, 11) is 0. The van der Waals surface area contributed by atoms with Gasteiger partial charge in [-0.15, -0.1) is 6.58 Å². The maximum Gasteiger partial charge on any atom is 0.0971 e. The van der Waals surface area contributed by atoms with Crippen molar-refractivity contribution in [1.82, 2.24) is 0 Å². The molecule has 1 atom stereocenters. The number of aryl methyl sites for hydroxylation is 1. The van der Waals surface area contributed by atoms with Gasteiger partial charge in [0.25, 0.3) is 0 Å². The van der Waals surface area contributed by atoms with E-state index in [-0.39, 0.29) is 0 Å². The van der Waals surface area contributed by atoms with E-state index in [9.17, 15) is 5.11 Å². The van der Waals surface area contributed by atoms with Crippen molar-refractivity contribution in [2.45, 2.75) is 13.0 Å². The average Bonchev–Trinajstić information content (AvgIpc) is 2.03. The first kappa shape index (κ1) is 9.30. The maximum atomic E-state index is 9.44. The Balaban J connectivity index is 3.09. The van der Waals surface area contributed by atoms with Crippen LogP contribution in [0, 0.1) is 6.92 Å². The third-order valence-electron chi connectivity index (χ3n) is 1.77. The lowest BCUT2D eigenvalue weighted by Crippen LogP contribution is -1.95. The molecule has 1 N–H and O–H groups in total. The van der Waals surface area contributed by atoms with E-state index in [1.807, 2.05) is 19.1 Å². The number of halogens is 1. The summed E-state index contributed by atoms with van der Waals surface area (Å²) in [6.45, 7) is 5.43. The Morgan fingerprint density at radius 2 is 2.25 bits per heavy atom. The lowest BCUT2D eigenvalue weighted by Gasteiger charge is -2.08. The summed E-state index contributed by atoms with van der Waals surface area (Å²) < 4.78 is 0. The van der Waals surface area contributed by atoms with E-state index in [4.69, 9.17) is 11.6 Å². The molecule has 0 aliphatic heterocycles. The highest BCUT2D eigenvalue weighted by Crippen LogP contribution is 2.21. The zero-order valence-corrected chi connectivity index (χ0v) is 7.67. The molecule has 1 nitrogen and oxygen atoms in total. The normalized spacial score (nSPS) is 12.6. The van der Waals surface area contributed by atoms with Gasteiger partial charge < -0.3 is 5.11 Å². The summed E-state index contributed by atoms with van der Waals surface area (Å²) in [6.07, 6.45) is 0.901. The van der Waals surface area contributed by atoms with Gasteiger partial charge in [-0.3, -0.25) is 0 Å². The van der Waals surface area contributed by atoms with Crippen molar-refractivity contribution in [2.24, 2.45) is 0 Å². The van der Waals surface area contributed by atoms with E-state index < -0.39 is 6.10 Å². The van der Waals surface area contributed by atoms with Crippen LogP contribution in [0.2, 0.25) is 5.02 Å². The largest absolute Gasteiger partial charge is 0.384 e. The molecule has 1 rings (SSSR count). The number of aliphatic hydroxyl groups is 1. The Morgan fingerprint density at radius 3 is 2.75 bits per heavy atom. The minimum absolute atomic E-state index is 0.595. The van der Waals surface area contributed by atoms with Crippen LogP contribution in [0.4, 0.5) is 0 Å². The molecule has 0 amide bonds. The lowest BCUT2D eigenvalue weighted by molar-refractivity contribution is 0.228. The number of hydrogen-bond acceptors (Lipinski definition) is 1. The molecule has 0 aliphatic carbocycles. The van der Waals surface area contributed by atoms with Crippen LogP contribution in [0.3, 0.4) is 0 Å². The summed E-state index contributed by atoms with van der Waals surface area (Å²) in [5.41, 5.74) is 1.84. The first-order valence-corrected chi connectivity index (χ1v) is 4.09. The third kappa shape index (κ3) is 1.87. The number of hydrogen-bond donors (Lipinski definition) is 1. The summed E-state index contributed by atoms with van der Waals surface area (Å²) >= 11 is 5.76. The van der Waals surface area contributed by atoms with Crippen molar-refractivity contribution < 1.29 is 5.11 Å². The summed E-state index contributed by atoms with van der Waals surface area (Å²) in [4.78, 5) is 0. The minimum Gasteiger partial charge on any atom is -0.384 e. The fraction of sp³-hybridized carbons (Fsp3) is 0.200. The standard InChI is InChI=1S/C10H11ClO/c1-3-10(12)9-5-4-8(11)6-7(9)2/h3-6,10,12H,1H2,2H3/t10-/m0/s1. The molecule has 0 saturated heterocycles. The van der Waals surface area contributed by atoms with Gasteiger partial charge in [-0.2, -0.15) is 0 Å². The van der Waals surface area contributed by atoms with E-state index >= 15 is 0 Å². The molecule has 12 heavy (non-hydrogen) atoms. The van der Waals surface area contributed by atoms with Gasteiger partial charge in [-0.05, 0) is 30.2 Å². The molecule has 0 spiro atoms. The molecular weight excluding hydrogens is 172 g/mol. The van der Waals surface area contributed by atoms with Gasteiger partial charge in [0.1, 0.15) is 0 Å². The monoisotopic (exact) mass is 182 g/mol. The van der Waals surface area contributed by atoms with E-state index in [1.54, 1.807) is 6.07 Å². The average molecular weight is 183 g/mol. The first-order valence-electron chi connectivity index (χ1n) is 3.72. The highest BCUT2D eigenvalue weighted by molar-refractivity contribution is 6.30. The smallest absolute Gasteiger partial charge is 0.0971 e. The topological polar surface area (TPSA) is 20.2 Å². The minimum atomic E-state index is -0.595. The molecule has 0 aromatic heterocycles. The van der Waals surface area contributed by atoms with Crippen molar-refractivity contribution in [3.63, 3.8) is 0 Å². The van der Waals surface area contributed by atoms with Gasteiger partial charge in [0.2, 0.25) is 0 Å². The maximum absolute atomic E-state index is 9.44. The second-order valence-electron chi connectivity index (χ2n) is 2.68. The van der Waals surface area contributed by atoms with Gasteiger partial charge in [0.05, 0.1) is 6.10 Å². The molecule has 0 aliphatic rings. The van der Waals surface area contributed by atoms with E-state index in [2.05, 4.69) is 6.58 Å². The highest BCUT2D eigenvalue weighted by atomic mass is 35.5. The van der Waals surface area contributed by atoms with Crippen LogP contribution in [-0.4, -0.2) is 5.11 Å². The zero-order chi connectivity index (χ0) is 9.14. The predicted molar refractivity (Wildman–Crippen MR) is 51.3 cm³/mol. The van der Waals surface area contributed by atoms with Gasteiger partial charge in [-0.25, -0.2) is 0 Å². The Labute approximate surface area is 77.3 Å². The molecule has 0 bridgehead atoms. The number of benzene rings is 1. The van der Waals surface area contributed by atoms with Crippen molar-refractivity contribution >= 4 is 11.6 Å². The molecule has 0 saturated carbocycles. The number of aliphatic hydroxyl groups excluding tert-OH is 1. The quantitative estimate of drug-likeness (QED) is 0.698. The molecule has 0 unspecified atom stereocenters. The molecule has 0 radical (unpaired) electrons. The summed E-state index contributed by atoms with van der Waals surface area (Å²) in [6, 6.07) is 5.39. The van der Waals surface area contributed by atoms with Gasteiger partial charge in [0.15, 0.2) is 0 Å². The van der Waals surface area contributed by atoms with Crippen molar-refractivity contribution in [2.75, 3.05) is 0 Å². The van der Waals surface area contributed by atoms with Crippen LogP contribution in [0.1, 0.15) is 17.2 Å². The van der Waals surface area contributed by atoms with Crippen LogP contribution in [0.25, 0.3) is 0 Å². The molecule has 0 heterocycles. The second-order valence-corrected chi connectivity index (χ2v) is 3.12. The van der Waals surface area contributed by atoms with Crippen molar-refractivity contribution in [1.29, 1.82) is 0 Å².